The third-order valence-corrected chi connectivity index (χ3v) is 5.61. The summed E-state index contributed by atoms with van der Waals surface area (Å²) in [5.74, 6) is 0.0710. The zero-order valence-corrected chi connectivity index (χ0v) is 15.6. The minimum absolute atomic E-state index is 0.0998. The normalized spacial score (nSPS) is 14.9. The Balaban J connectivity index is 1.76. The van der Waals surface area contributed by atoms with E-state index >= 15 is 0 Å². The third-order valence-electron chi connectivity index (χ3n) is 4.22. The molecule has 0 aromatic heterocycles. The van der Waals surface area contributed by atoms with Gasteiger partial charge in [0.2, 0.25) is 0 Å². The summed E-state index contributed by atoms with van der Waals surface area (Å²) in [5, 5.41) is 0. The van der Waals surface area contributed by atoms with Crippen LogP contribution in [0.5, 0.6) is 5.75 Å². The van der Waals surface area contributed by atoms with Crippen LogP contribution in [-0.4, -0.2) is 45.5 Å². The van der Waals surface area contributed by atoms with Gasteiger partial charge in [-0.25, -0.2) is 0 Å². The number of morpholine rings is 1. The van der Waals surface area contributed by atoms with Crippen molar-refractivity contribution in [2.24, 2.45) is 0 Å². The molecule has 6 nitrogen and oxygen atoms in total. The Kier molecular flexibility index (Phi) is 5.29. The van der Waals surface area contributed by atoms with E-state index in [1.807, 2.05) is 13.0 Å². The highest BCUT2D eigenvalue weighted by atomic mass is 32.2. The predicted molar refractivity (Wildman–Crippen MR) is 96.9 cm³/mol. The molecular weight excluding hydrogens is 354 g/mol. The third kappa shape index (κ3) is 4.05. The van der Waals surface area contributed by atoms with Gasteiger partial charge < -0.3 is 13.8 Å². The van der Waals surface area contributed by atoms with Gasteiger partial charge in [0.1, 0.15) is 10.6 Å². The zero-order valence-electron chi connectivity index (χ0n) is 14.8. The fraction of sp³-hybridized carbons (Fsp3) is 0.316. The zero-order chi connectivity index (χ0) is 18.7. The quantitative estimate of drug-likeness (QED) is 0.768. The topological polar surface area (TPSA) is 72.9 Å². The van der Waals surface area contributed by atoms with Crippen molar-refractivity contribution in [3.05, 3.63) is 59.2 Å². The van der Waals surface area contributed by atoms with Gasteiger partial charge >= 0.3 is 10.1 Å². The summed E-state index contributed by atoms with van der Waals surface area (Å²) in [4.78, 5) is 14.3. The molecule has 7 heteroatoms. The van der Waals surface area contributed by atoms with Crippen LogP contribution in [0.15, 0.2) is 47.4 Å². The van der Waals surface area contributed by atoms with Crippen molar-refractivity contribution in [1.82, 2.24) is 4.90 Å². The largest absolute Gasteiger partial charge is 0.379 e. The minimum atomic E-state index is -3.93. The predicted octanol–water partition coefficient (Wildman–Crippen LogP) is 2.54. The number of carbonyl (C=O) groups is 1. The molecule has 1 fully saturated rings. The molecule has 0 spiro atoms. The van der Waals surface area contributed by atoms with Crippen molar-refractivity contribution in [2.45, 2.75) is 18.7 Å². The summed E-state index contributed by atoms with van der Waals surface area (Å²) in [6.07, 6.45) is 0. The van der Waals surface area contributed by atoms with Gasteiger partial charge in [-0.05, 0) is 55.3 Å². The van der Waals surface area contributed by atoms with Crippen LogP contribution in [0.2, 0.25) is 0 Å². The summed E-state index contributed by atoms with van der Waals surface area (Å²) in [6.45, 7) is 5.71. The second-order valence-electron chi connectivity index (χ2n) is 6.24. The molecule has 0 unspecified atom stereocenters. The van der Waals surface area contributed by atoms with Crippen LogP contribution in [0.3, 0.4) is 0 Å². The number of amides is 1. The van der Waals surface area contributed by atoms with Crippen molar-refractivity contribution in [2.75, 3.05) is 26.3 Å². The molecule has 3 rings (SSSR count). The first-order valence-corrected chi connectivity index (χ1v) is 9.76. The number of hydrogen-bond acceptors (Lipinski definition) is 5. The fourth-order valence-corrected chi connectivity index (χ4v) is 4.00. The molecule has 2 aromatic rings. The Morgan fingerprint density at radius 3 is 2.35 bits per heavy atom. The lowest BCUT2D eigenvalue weighted by atomic mass is 10.2. The first-order chi connectivity index (χ1) is 12.4. The van der Waals surface area contributed by atoms with E-state index in [1.54, 1.807) is 36.1 Å². The van der Waals surface area contributed by atoms with Gasteiger partial charge in [-0.3, -0.25) is 4.79 Å². The Bertz CT molecular complexity index is 900. The number of ether oxygens (including phenoxy) is 1. The molecule has 0 radical (unpaired) electrons. The standard InChI is InChI=1S/C19H21NO5S/c1-14-3-4-15(2)18(13-14)26(22,23)25-17-7-5-16(6-8-17)19(21)20-9-11-24-12-10-20/h3-8,13H,9-12H2,1-2H3. The van der Waals surface area contributed by atoms with Crippen LogP contribution in [-0.2, 0) is 14.9 Å². The van der Waals surface area contributed by atoms with Gasteiger partial charge in [-0.15, -0.1) is 0 Å². The minimum Gasteiger partial charge on any atom is -0.379 e. The van der Waals surface area contributed by atoms with Crippen LogP contribution >= 0.6 is 0 Å². The maximum atomic E-state index is 12.5. The van der Waals surface area contributed by atoms with E-state index in [-0.39, 0.29) is 16.6 Å². The molecule has 1 amide bonds. The molecule has 1 aliphatic heterocycles. The van der Waals surface area contributed by atoms with Crippen LogP contribution in [0.4, 0.5) is 0 Å². The summed E-state index contributed by atoms with van der Waals surface area (Å²) >= 11 is 0. The van der Waals surface area contributed by atoms with Crippen molar-refractivity contribution in [1.29, 1.82) is 0 Å². The number of rotatable bonds is 4. The van der Waals surface area contributed by atoms with E-state index in [1.165, 1.54) is 12.1 Å². The second-order valence-corrected chi connectivity index (χ2v) is 7.75. The van der Waals surface area contributed by atoms with Gasteiger partial charge in [0.25, 0.3) is 5.91 Å². The van der Waals surface area contributed by atoms with Gasteiger partial charge in [0, 0.05) is 18.7 Å². The number of benzene rings is 2. The molecule has 138 valence electrons. The van der Waals surface area contributed by atoms with Crippen molar-refractivity contribution in [3.8, 4) is 5.75 Å². The fourth-order valence-electron chi connectivity index (χ4n) is 2.75. The maximum Gasteiger partial charge on any atom is 0.339 e. The van der Waals surface area contributed by atoms with Gasteiger partial charge in [-0.2, -0.15) is 8.42 Å². The summed E-state index contributed by atoms with van der Waals surface area (Å²) in [5.41, 5.74) is 1.95. The monoisotopic (exact) mass is 375 g/mol. The van der Waals surface area contributed by atoms with Crippen LogP contribution in [0, 0.1) is 13.8 Å². The second kappa shape index (κ2) is 7.47. The lowest BCUT2D eigenvalue weighted by Gasteiger charge is -2.26. The Hall–Kier alpha value is -2.38. The number of nitrogens with zero attached hydrogens (tertiary/aromatic N) is 1. The molecule has 0 saturated carbocycles. The molecule has 0 aliphatic carbocycles. The maximum absolute atomic E-state index is 12.5. The number of carbonyl (C=O) groups excluding carboxylic acids is 1. The first kappa shape index (κ1) is 18.4. The first-order valence-electron chi connectivity index (χ1n) is 8.36. The van der Waals surface area contributed by atoms with E-state index in [2.05, 4.69) is 0 Å². The average molecular weight is 375 g/mol. The lowest BCUT2D eigenvalue weighted by molar-refractivity contribution is 0.0303. The van der Waals surface area contributed by atoms with Gasteiger partial charge in [-0.1, -0.05) is 12.1 Å². The molecular formula is C19H21NO5S. The van der Waals surface area contributed by atoms with E-state index in [0.29, 0.717) is 37.4 Å². The summed E-state index contributed by atoms with van der Waals surface area (Å²) < 4.78 is 35.5. The SMILES string of the molecule is Cc1ccc(C)c(S(=O)(=O)Oc2ccc(C(=O)N3CCOCC3)cc2)c1. The van der Waals surface area contributed by atoms with E-state index in [4.69, 9.17) is 8.92 Å². The smallest absolute Gasteiger partial charge is 0.339 e. The Labute approximate surface area is 153 Å². The molecule has 26 heavy (non-hydrogen) atoms. The van der Waals surface area contributed by atoms with Crippen LogP contribution < -0.4 is 4.18 Å². The Morgan fingerprint density at radius 1 is 1.04 bits per heavy atom. The van der Waals surface area contributed by atoms with Crippen molar-refractivity contribution < 1.29 is 22.1 Å². The summed E-state index contributed by atoms with van der Waals surface area (Å²) in [6, 6.07) is 11.3. The Morgan fingerprint density at radius 2 is 1.69 bits per heavy atom. The molecule has 0 atom stereocenters. The molecule has 2 aromatic carbocycles. The van der Waals surface area contributed by atoms with E-state index < -0.39 is 10.1 Å². The molecule has 0 N–H and O–H groups in total. The molecule has 1 saturated heterocycles. The summed E-state index contributed by atoms with van der Waals surface area (Å²) in [7, 11) is -3.93. The lowest BCUT2D eigenvalue weighted by Crippen LogP contribution is -2.40. The number of aryl methyl sites for hydroxylation is 2. The van der Waals surface area contributed by atoms with Crippen molar-refractivity contribution in [3.63, 3.8) is 0 Å². The van der Waals surface area contributed by atoms with Crippen molar-refractivity contribution >= 4 is 16.0 Å². The number of hydrogen-bond donors (Lipinski definition) is 0. The van der Waals surface area contributed by atoms with Gasteiger partial charge in [0.15, 0.2) is 0 Å². The van der Waals surface area contributed by atoms with Crippen LogP contribution in [0.1, 0.15) is 21.5 Å². The highest BCUT2D eigenvalue weighted by Gasteiger charge is 2.21. The van der Waals surface area contributed by atoms with Crippen LogP contribution in [0.25, 0.3) is 0 Å². The molecule has 1 aliphatic rings. The molecule has 0 bridgehead atoms. The van der Waals surface area contributed by atoms with E-state index in [9.17, 15) is 13.2 Å². The highest BCUT2D eigenvalue weighted by molar-refractivity contribution is 7.87. The molecule has 1 heterocycles. The van der Waals surface area contributed by atoms with E-state index in [0.717, 1.165) is 5.56 Å². The highest BCUT2D eigenvalue weighted by Crippen LogP contribution is 2.23. The van der Waals surface area contributed by atoms with Gasteiger partial charge in [0.05, 0.1) is 13.2 Å². The average Bonchev–Trinajstić information content (AvgIpc) is 2.64.